The summed E-state index contributed by atoms with van der Waals surface area (Å²) in [5.41, 5.74) is 5.93. The van der Waals surface area contributed by atoms with Gasteiger partial charge in [-0.05, 0) is 19.3 Å². The number of Topliss-reactive ketones (excluding diaryl/α,β-unsaturated/α-hetero) is 1. The zero-order valence-corrected chi connectivity index (χ0v) is 17.9. The van der Waals surface area contributed by atoms with Crippen molar-refractivity contribution in [3.05, 3.63) is 17.5 Å². The number of urea groups is 1. The molecule has 0 radical (unpaired) electrons. The van der Waals surface area contributed by atoms with Crippen molar-refractivity contribution in [1.82, 2.24) is 10.2 Å². The van der Waals surface area contributed by atoms with E-state index in [1.165, 1.54) is 6.07 Å². The summed E-state index contributed by atoms with van der Waals surface area (Å²) < 4.78 is 4.33. The lowest BCUT2D eigenvalue weighted by Crippen LogP contribution is -2.65. The molecule has 1 aliphatic heterocycles. The molecule has 31 heavy (non-hydrogen) atoms. The minimum Gasteiger partial charge on any atom is -0.361 e. The van der Waals surface area contributed by atoms with E-state index in [0.717, 1.165) is 25.7 Å². The number of primary amides is 1. The summed E-state index contributed by atoms with van der Waals surface area (Å²) in [4.78, 5) is 50.2. The van der Waals surface area contributed by atoms with Gasteiger partial charge in [-0.1, -0.05) is 30.8 Å². The first kappa shape index (κ1) is 23.1. The van der Waals surface area contributed by atoms with E-state index in [0.29, 0.717) is 36.0 Å². The lowest BCUT2D eigenvalue weighted by atomic mass is 9.90. The van der Waals surface area contributed by atoms with Gasteiger partial charge in [0.05, 0.1) is 25.4 Å². The van der Waals surface area contributed by atoms with Crippen molar-refractivity contribution in [2.75, 3.05) is 13.1 Å². The van der Waals surface area contributed by atoms with E-state index in [4.69, 9.17) is 10.3 Å². The molecule has 2 aliphatic rings. The monoisotopic (exact) mass is 435 g/mol. The lowest BCUT2D eigenvalue weighted by Gasteiger charge is -2.36. The van der Waals surface area contributed by atoms with E-state index in [2.05, 4.69) is 5.16 Å². The number of aryl methyl sites for hydroxylation is 1. The molecule has 0 bridgehead atoms. The molecule has 0 spiro atoms. The first-order valence-electron chi connectivity index (χ1n) is 10.9. The third kappa shape index (κ3) is 4.85. The first-order chi connectivity index (χ1) is 14.8. The number of hydroxylamine groups is 2. The van der Waals surface area contributed by atoms with Crippen molar-refractivity contribution in [2.45, 2.75) is 64.3 Å². The molecule has 1 saturated carbocycles. The molecule has 1 aromatic heterocycles. The Morgan fingerprint density at radius 1 is 1.32 bits per heavy atom. The SMILES string of the molecule is Cc1cc(C(=O)C[C@@H]2CCC[N+]2(C(N)=O)C(=O)[C@H](CC2CCCC2)CN(O)C=O)no1. The van der Waals surface area contributed by atoms with Gasteiger partial charge in [0.1, 0.15) is 17.5 Å². The topological polar surface area (TPSA) is 144 Å². The van der Waals surface area contributed by atoms with Gasteiger partial charge in [0.25, 0.3) is 0 Å². The van der Waals surface area contributed by atoms with E-state index >= 15 is 0 Å². The maximum Gasteiger partial charge on any atom is 0.421 e. The Balaban J connectivity index is 1.86. The van der Waals surface area contributed by atoms with Crippen LogP contribution in [-0.4, -0.2) is 63.2 Å². The molecule has 10 nitrogen and oxygen atoms in total. The molecule has 1 aromatic rings. The van der Waals surface area contributed by atoms with Crippen LogP contribution in [0.3, 0.4) is 0 Å². The number of aromatic nitrogens is 1. The van der Waals surface area contributed by atoms with Gasteiger partial charge in [0.2, 0.25) is 6.41 Å². The molecular formula is C21H31N4O6+. The van der Waals surface area contributed by atoms with Gasteiger partial charge in [-0.2, -0.15) is 4.48 Å². The maximum atomic E-state index is 13.8. The highest BCUT2D eigenvalue weighted by molar-refractivity contribution is 5.95. The fourth-order valence-electron chi connectivity index (χ4n) is 5.24. The third-order valence-electron chi connectivity index (χ3n) is 6.76. The number of imide groups is 1. The molecular weight excluding hydrogens is 404 g/mol. The molecule has 4 amide bonds. The predicted octanol–water partition coefficient (Wildman–Crippen LogP) is 2.18. The molecule has 1 saturated heterocycles. The Kier molecular flexibility index (Phi) is 7.22. The molecule has 3 rings (SSSR count). The molecule has 2 fully saturated rings. The minimum absolute atomic E-state index is 0.0622. The van der Waals surface area contributed by atoms with Gasteiger partial charge in [-0.25, -0.2) is 14.7 Å². The molecule has 2 heterocycles. The third-order valence-corrected chi connectivity index (χ3v) is 6.76. The second-order valence-corrected chi connectivity index (χ2v) is 8.83. The van der Waals surface area contributed by atoms with Crippen molar-refractivity contribution in [3.63, 3.8) is 0 Å². The van der Waals surface area contributed by atoms with Gasteiger partial charge < -0.3 is 10.3 Å². The molecule has 1 aliphatic carbocycles. The van der Waals surface area contributed by atoms with Crippen molar-refractivity contribution < 1.29 is 33.4 Å². The molecule has 10 heteroatoms. The van der Waals surface area contributed by atoms with Crippen LogP contribution in [0.5, 0.6) is 0 Å². The zero-order valence-electron chi connectivity index (χ0n) is 17.9. The predicted molar refractivity (Wildman–Crippen MR) is 108 cm³/mol. The number of nitrogens with two attached hydrogens (primary N) is 1. The van der Waals surface area contributed by atoms with Gasteiger partial charge in [0, 0.05) is 18.9 Å². The maximum absolute atomic E-state index is 13.8. The number of hydrogen-bond acceptors (Lipinski definition) is 7. The molecule has 3 N–H and O–H groups in total. The number of ketones is 1. The zero-order chi connectivity index (χ0) is 22.6. The Hall–Kier alpha value is -2.59. The minimum atomic E-state index is -0.802. The Bertz CT molecular complexity index is 834. The van der Waals surface area contributed by atoms with Gasteiger partial charge in [0.15, 0.2) is 5.78 Å². The first-order valence-corrected chi connectivity index (χ1v) is 10.9. The summed E-state index contributed by atoms with van der Waals surface area (Å²) in [5.74, 6) is -0.690. The highest BCUT2D eigenvalue weighted by Crippen LogP contribution is 2.37. The number of hydrogen-bond donors (Lipinski definition) is 2. The van der Waals surface area contributed by atoms with Crippen LogP contribution in [-0.2, 0) is 9.59 Å². The summed E-state index contributed by atoms with van der Waals surface area (Å²) in [7, 11) is 0. The van der Waals surface area contributed by atoms with Crippen molar-refractivity contribution in [1.29, 1.82) is 0 Å². The second-order valence-electron chi connectivity index (χ2n) is 8.83. The highest BCUT2D eigenvalue weighted by atomic mass is 16.5. The standard InChI is InChI=1S/C21H30N4O6/c1-14-9-18(23-31-14)19(27)11-17-7-4-8-25(17,21(22)29)20(28)16(12-24(30)13-26)10-15-5-2-3-6-15/h9,13,15-17,30H,2-8,10-12H2,1H3,(H-,22,29)/p+1/t16-,17+,25?/m1/s1. The van der Waals surface area contributed by atoms with E-state index in [1.807, 2.05) is 0 Å². The van der Waals surface area contributed by atoms with E-state index in [-0.39, 0.29) is 37.4 Å². The summed E-state index contributed by atoms with van der Waals surface area (Å²) in [5, 5.41) is 14.0. The Morgan fingerprint density at radius 2 is 2.03 bits per heavy atom. The van der Waals surface area contributed by atoms with Crippen LogP contribution in [0.4, 0.5) is 4.79 Å². The molecule has 170 valence electrons. The van der Waals surface area contributed by atoms with Crippen LogP contribution < -0.4 is 5.73 Å². The van der Waals surface area contributed by atoms with Crippen LogP contribution >= 0.6 is 0 Å². The van der Waals surface area contributed by atoms with Crippen molar-refractivity contribution in [2.24, 2.45) is 17.6 Å². The number of rotatable bonds is 9. The Labute approximate surface area is 180 Å². The Morgan fingerprint density at radius 3 is 2.61 bits per heavy atom. The van der Waals surface area contributed by atoms with Gasteiger partial charge in [-0.15, -0.1) is 0 Å². The van der Waals surface area contributed by atoms with E-state index < -0.39 is 28.4 Å². The van der Waals surface area contributed by atoms with E-state index in [9.17, 15) is 24.4 Å². The smallest absolute Gasteiger partial charge is 0.361 e. The highest BCUT2D eigenvalue weighted by Gasteiger charge is 2.56. The fourth-order valence-corrected chi connectivity index (χ4v) is 5.24. The van der Waals surface area contributed by atoms with Crippen molar-refractivity contribution in [3.8, 4) is 0 Å². The number of amides is 4. The van der Waals surface area contributed by atoms with Crippen LogP contribution in [0.15, 0.2) is 10.6 Å². The van der Waals surface area contributed by atoms with E-state index in [1.54, 1.807) is 6.92 Å². The summed E-state index contributed by atoms with van der Waals surface area (Å²) in [6.45, 7) is 1.68. The second kappa shape index (κ2) is 9.69. The van der Waals surface area contributed by atoms with Crippen LogP contribution in [0.2, 0.25) is 0 Å². The normalized spacial score (nSPS) is 24.8. The largest absolute Gasteiger partial charge is 0.421 e. The summed E-state index contributed by atoms with van der Waals surface area (Å²) in [6, 6.07) is 0.113. The average Bonchev–Trinajstić information content (AvgIpc) is 3.48. The van der Waals surface area contributed by atoms with Crippen LogP contribution in [0, 0.1) is 18.8 Å². The number of carbonyl (C=O) groups excluding carboxylic acids is 4. The van der Waals surface area contributed by atoms with Crippen LogP contribution in [0.25, 0.3) is 0 Å². The number of nitrogens with zero attached hydrogens (tertiary/aromatic N) is 3. The van der Waals surface area contributed by atoms with Crippen molar-refractivity contribution >= 4 is 24.1 Å². The van der Waals surface area contributed by atoms with Crippen LogP contribution in [0.1, 0.15) is 67.6 Å². The fraction of sp³-hybridized carbons (Fsp3) is 0.667. The van der Waals surface area contributed by atoms with Gasteiger partial charge in [-0.3, -0.25) is 14.8 Å². The summed E-state index contributed by atoms with van der Waals surface area (Å²) in [6.07, 6.45) is 5.81. The number of carbonyl (C=O) groups is 4. The van der Waals surface area contributed by atoms with Gasteiger partial charge >= 0.3 is 11.9 Å². The summed E-state index contributed by atoms with van der Waals surface area (Å²) >= 11 is 0. The molecule has 3 atom stereocenters. The molecule has 1 unspecified atom stereocenters. The quantitative estimate of drug-likeness (QED) is 0.199. The number of quaternary nitrogens is 1. The average molecular weight is 436 g/mol. The molecule has 0 aromatic carbocycles. The lowest BCUT2D eigenvalue weighted by molar-refractivity contribution is -0.787. The number of likely N-dealkylation sites (tertiary alicyclic amines) is 1.